The molecule has 9 heteroatoms. The number of hydrogen-bond acceptors (Lipinski definition) is 7. The van der Waals surface area contributed by atoms with Crippen LogP contribution in [0.15, 0.2) is 30.3 Å². The van der Waals surface area contributed by atoms with Crippen LogP contribution in [0.1, 0.15) is 10.4 Å². The first-order valence-electron chi connectivity index (χ1n) is 2.59. The third kappa shape index (κ3) is 17.9. The summed E-state index contributed by atoms with van der Waals surface area (Å²) in [6, 6.07) is 8.30. The van der Waals surface area contributed by atoms with Gasteiger partial charge in [-0.2, -0.15) is 0 Å². The van der Waals surface area contributed by atoms with Gasteiger partial charge in [0.1, 0.15) is 0 Å². The van der Waals surface area contributed by atoms with Crippen LogP contribution in [0.2, 0.25) is 0 Å². The van der Waals surface area contributed by atoms with Crippen LogP contribution in [0.25, 0.3) is 0 Å². The smallest absolute Gasteiger partial charge is 0.335 e. The van der Waals surface area contributed by atoms with Crippen LogP contribution < -0.4 is 0 Å². The number of aromatic carboxylic acids is 1. The fourth-order valence-corrected chi connectivity index (χ4v) is 0.581. The molecule has 0 aliphatic carbocycles. The van der Waals surface area contributed by atoms with Crippen LogP contribution in [0, 0.1) is 0 Å². The third-order valence-electron chi connectivity index (χ3n) is 1.02. The largest absolute Gasteiger partial charge is 0.813 e. The Morgan fingerprint density at radius 1 is 0.812 bits per heavy atom. The number of carbonyl (C=O) groups is 1. The van der Waals surface area contributed by atoms with Crippen molar-refractivity contribution in [2.75, 3.05) is 0 Å². The third-order valence-corrected chi connectivity index (χ3v) is 1.02. The van der Waals surface area contributed by atoms with Gasteiger partial charge in [-0.3, -0.25) is 0 Å². The minimum atomic E-state index is -0.879. The van der Waals surface area contributed by atoms with Gasteiger partial charge < -0.3 is 86.1 Å². The quantitative estimate of drug-likeness (QED) is 0.374. The van der Waals surface area contributed by atoms with Crippen LogP contribution in [0.4, 0.5) is 0 Å². The SMILES string of the molecule is O=C(O)c1ccccc1.[Ag].[SH-].[SH-].[SH-].[SH-].[SH-].[SH-]. The topological polar surface area (TPSA) is 37.3 Å². The summed E-state index contributed by atoms with van der Waals surface area (Å²) in [5.41, 5.74) is 0.331. The zero-order chi connectivity index (χ0) is 6.69. The van der Waals surface area contributed by atoms with Crippen molar-refractivity contribution in [1.82, 2.24) is 0 Å². The molecule has 1 aromatic carbocycles. The molecule has 0 spiro atoms. The predicted octanol–water partition coefficient (Wildman–Crippen LogP) is -0.238. The van der Waals surface area contributed by atoms with E-state index in [0.29, 0.717) is 5.56 Å². The Bertz CT molecular complexity index is 223. The maximum absolute atomic E-state index is 10.2. The van der Waals surface area contributed by atoms with Gasteiger partial charge in [-0.1, -0.05) is 18.2 Å². The van der Waals surface area contributed by atoms with Gasteiger partial charge in [-0.05, 0) is 12.1 Å². The van der Waals surface area contributed by atoms with Crippen molar-refractivity contribution in [3.63, 3.8) is 0 Å². The van der Waals surface area contributed by atoms with E-state index in [-0.39, 0.29) is 103 Å². The molecule has 2 nitrogen and oxygen atoms in total. The molecule has 1 N–H and O–H groups in total. The number of carboxylic acids is 1. The van der Waals surface area contributed by atoms with Gasteiger partial charge in [-0.15, -0.1) is 0 Å². The summed E-state index contributed by atoms with van der Waals surface area (Å²) in [4.78, 5) is 10.2. The first-order chi connectivity index (χ1) is 4.30. The van der Waals surface area contributed by atoms with E-state index in [2.05, 4.69) is 0 Å². The minimum Gasteiger partial charge on any atom is -0.813 e. The minimum absolute atomic E-state index is 0. The van der Waals surface area contributed by atoms with E-state index in [4.69, 9.17) is 5.11 Å². The molecule has 0 amide bonds. The predicted molar refractivity (Wildman–Crippen MR) is 86.0 cm³/mol. The Kier molecular flexibility index (Phi) is 68.6. The molecule has 0 aromatic heterocycles. The maximum atomic E-state index is 10.2. The molecular weight excluding hydrogens is 416 g/mol. The zero-order valence-corrected chi connectivity index (χ0v) is 14.6. The maximum Gasteiger partial charge on any atom is 0.335 e. The van der Waals surface area contributed by atoms with Gasteiger partial charge in [0, 0.05) is 22.4 Å². The Hall–Kier alpha value is 1.53. The number of thiol groups is 6. The normalized spacial score (nSPS) is 5.00. The van der Waals surface area contributed by atoms with Crippen molar-refractivity contribution in [3.05, 3.63) is 35.9 Å². The summed E-state index contributed by atoms with van der Waals surface area (Å²) in [6.45, 7) is 0. The molecule has 0 unspecified atom stereocenters. The molecule has 0 atom stereocenters. The molecule has 0 aliphatic rings. The molecule has 0 bridgehead atoms. The van der Waals surface area contributed by atoms with Crippen molar-refractivity contribution in [3.8, 4) is 0 Å². The van der Waals surface area contributed by atoms with Gasteiger partial charge in [0.05, 0.1) is 5.56 Å². The van der Waals surface area contributed by atoms with Gasteiger partial charge in [-0.25, -0.2) is 4.79 Å². The summed E-state index contributed by atoms with van der Waals surface area (Å²) in [5, 5.41) is 8.38. The summed E-state index contributed by atoms with van der Waals surface area (Å²) >= 11 is 0. The second kappa shape index (κ2) is 25.4. The molecule has 0 fully saturated rings. The molecule has 16 heavy (non-hydrogen) atoms. The average molecular weight is 428 g/mol. The second-order valence-electron chi connectivity index (χ2n) is 1.67. The summed E-state index contributed by atoms with van der Waals surface area (Å²) in [6.07, 6.45) is 0. The Morgan fingerprint density at radius 2 is 1.12 bits per heavy atom. The number of rotatable bonds is 1. The van der Waals surface area contributed by atoms with Gasteiger partial charge in [0.2, 0.25) is 0 Å². The van der Waals surface area contributed by atoms with E-state index >= 15 is 0 Å². The van der Waals surface area contributed by atoms with Gasteiger partial charge in [0.25, 0.3) is 0 Å². The summed E-state index contributed by atoms with van der Waals surface area (Å²) in [5.74, 6) is -0.879. The number of carboxylic acid groups (broad SMARTS) is 1. The number of hydrogen-bond donors (Lipinski definition) is 1. The monoisotopic (exact) mass is 427 g/mol. The van der Waals surface area contributed by atoms with Crippen molar-refractivity contribution in [1.29, 1.82) is 0 Å². The molecule has 105 valence electrons. The summed E-state index contributed by atoms with van der Waals surface area (Å²) < 4.78 is 0. The van der Waals surface area contributed by atoms with E-state index in [1.807, 2.05) is 0 Å². The van der Waals surface area contributed by atoms with Crippen LogP contribution in [-0.2, 0) is 103 Å². The zero-order valence-electron chi connectivity index (χ0n) is 7.73. The average Bonchev–Trinajstić information content (AvgIpc) is 1.90. The molecule has 1 rings (SSSR count). The van der Waals surface area contributed by atoms with Crippen molar-refractivity contribution >= 4 is 86.9 Å². The first-order valence-corrected chi connectivity index (χ1v) is 2.59. The Morgan fingerprint density at radius 3 is 1.31 bits per heavy atom. The first kappa shape index (κ1) is 43.2. The Labute approximate surface area is 154 Å². The fourth-order valence-electron chi connectivity index (χ4n) is 0.581. The molecule has 0 saturated carbocycles. The molecule has 1 radical (unpaired) electrons. The van der Waals surface area contributed by atoms with E-state index in [0.717, 1.165) is 0 Å². The molecule has 0 heterocycles. The standard InChI is InChI=1S/C7H6O2.Ag.6H2S/c8-7(9)6-4-2-1-3-5-6;;;;;;;/h1-5H,(H,8,9);;6*1H2/p-6. The molecule has 0 aliphatic heterocycles. The van der Waals surface area contributed by atoms with Gasteiger partial charge >= 0.3 is 5.97 Å². The number of benzene rings is 1. The van der Waals surface area contributed by atoms with E-state index in [1.54, 1.807) is 30.3 Å². The van der Waals surface area contributed by atoms with Crippen molar-refractivity contribution in [2.24, 2.45) is 0 Å². The van der Waals surface area contributed by atoms with Crippen LogP contribution in [0.3, 0.4) is 0 Å². The summed E-state index contributed by atoms with van der Waals surface area (Å²) in [7, 11) is 0. The van der Waals surface area contributed by atoms with Crippen molar-refractivity contribution in [2.45, 2.75) is 0 Å². The van der Waals surface area contributed by atoms with E-state index in [1.165, 1.54) is 0 Å². The van der Waals surface area contributed by atoms with E-state index in [9.17, 15) is 4.79 Å². The molecule has 1 aromatic rings. The second-order valence-corrected chi connectivity index (χ2v) is 1.67. The van der Waals surface area contributed by atoms with Crippen LogP contribution >= 0.6 is 0 Å². The van der Waals surface area contributed by atoms with E-state index < -0.39 is 5.97 Å². The van der Waals surface area contributed by atoms with Crippen molar-refractivity contribution < 1.29 is 32.3 Å². The molecular formula is C7H12AgO2S6-6. The van der Waals surface area contributed by atoms with Crippen LogP contribution in [-0.4, -0.2) is 11.1 Å². The van der Waals surface area contributed by atoms with Crippen LogP contribution in [0.5, 0.6) is 0 Å². The fraction of sp³-hybridized carbons (Fsp3) is 0. The Balaban J connectivity index is -0.0000000231. The molecule has 0 saturated heterocycles. The van der Waals surface area contributed by atoms with Gasteiger partial charge in [0.15, 0.2) is 0 Å².